The zero-order chi connectivity index (χ0) is 17.5. The number of amides is 1. The highest BCUT2D eigenvalue weighted by Gasteiger charge is 2.25. The average Bonchev–Trinajstić information content (AvgIpc) is 2.63. The smallest absolute Gasteiger partial charge is 0.224 e. The van der Waals surface area contributed by atoms with Crippen molar-refractivity contribution >= 4 is 21.8 Å². The lowest BCUT2D eigenvalue weighted by Crippen LogP contribution is -2.42. The van der Waals surface area contributed by atoms with Crippen molar-refractivity contribution < 1.29 is 4.79 Å². The summed E-state index contributed by atoms with van der Waals surface area (Å²) in [5, 5.41) is 3.18. The zero-order valence-corrected chi connectivity index (χ0v) is 16.6. The number of carbonyl (C=O) groups is 1. The Balaban J connectivity index is 1.43. The maximum absolute atomic E-state index is 12.5. The van der Waals surface area contributed by atoms with Gasteiger partial charge in [-0.3, -0.25) is 9.69 Å². The van der Waals surface area contributed by atoms with Gasteiger partial charge in [-0.25, -0.2) is 0 Å². The number of nitrogens with zero attached hydrogens (tertiary/aromatic N) is 1. The van der Waals surface area contributed by atoms with Gasteiger partial charge in [-0.2, -0.15) is 0 Å². The van der Waals surface area contributed by atoms with Gasteiger partial charge in [0.1, 0.15) is 0 Å². The van der Waals surface area contributed by atoms with E-state index in [1.54, 1.807) is 0 Å². The first-order chi connectivity index (χ1) is 12.2. The molecule has 0 aromatic heterocycles. The molecule has 4 heteroatoms. The van der Waals surface area contributed by atoms with E-state index in [0.29, 0.717) is 0 Å². The number of hydrogen-bond acceptors (Lipinski definition) is 2. The van der Waals surface area contributed by atoms with Crippen molar-refractivity contribution in [2.75, 3.05) is 19.6 Å². The van der Waals surface area contributed by atoms with E-state index in [1.807, 2.05) is 0 Å². The van der Waals surface area contributed by atoms with Gasteiger partial charge in [0.25, 0.3) is 0 Å². The molecule has 25 heavy (non-hydrogen) atoms. The Labute approximate surface area is 160 Å². The maximum Gasteiger partial charge on any atom is 0.224 e. The van der Waals surface area contributed by atoms with E-state index in [9.17, 15) is 4.79 Å². The molecule has 1 aliphatic heterocycles. The normalized spacial score (nSPS) is 21.6. The Morgan fingerprint density at radius 1 is 1.28 bits per heavy atom. The molecule has 1 aromatic rings. The van der Waals surface area contributed by atoms with Crippen LogP contribution in [0.3, 0.4) is 0 Å². The molecule has 1 atom stereocenters. The zero-order valence-electron chi connectivity index (χ0n) is 15.0. The number of hydrogen-bond donors (Lipinski definition) is 1. The summed E-state index contributed by atoms with van der Waals surface area (Å²) in [5.74, 6) is 0.386. The number of rotatable bonds is 6. The highest BCUT2D eigenvalue weighted by molar-refractivity contribution is 9.10. The molecule has 1 fully saturated rings. The SMILES string of the molecule is O=C(NCCC1=CCCCC1)C1CCCN(Cc2cccc(Br)c2)C1. The van der Waals surface area contributed by atoms with Crippen LogP contribution in [0.25, 0.3) is 0 Å². The molecule has 1 aliphatic carbocycles. The molecular weight excluding hydrogens is 376 g/mol. The molecule has 1 amide bonds. The number of likely N-dealkylation sites (tertiary alicyclic amines) is 1. The maximum atomic E-state index is 12.5. The van der Waals surface area contributed by atoms with Crippen LogP contribution in [0.1, 0.15) is 50.5 Å². The minimum atomic E-state index is 0.140. The molecular formula is C21H29BrN2O. The van der Waals surface area contributed by atoms with Crippen molar-refractivity contribution in [2.24, 2.45) is 5.92 Å². The topological polar surface area (TPSA) is 32.3 Å². The van der Waals surface area contributed by atoms with E-state index < -0.39 is 0 Å². The van der Waals surface area contributed by atoms with Gasteiger partial charge in [0.05, 0.1) is 5.92 Å². The fourth-order valence-electron chi connectivity index (χ4n) is 3.93. The Hall–Kier alpha value is -1.13. The lowest BCUT2D eigenvalue weighted by Gasteiger charge is -2.32. The van der Waals surface area contributed by atoms with Gasteiger partial charge in [0.15, 0.2) is 0 Å². The molecule has 0 spiro atoms. The first-order valence-corrected chi connectivity index (χ1v) is 10.4. The Bertz CT molecular complexity index is 614. The highest BCUT2D eigenvalue weighted by Crippen LogP contribution is 2.21. The molecule has 0 bridgehead atoms. The number of halogens is 1. The summed E-state index contributed by atoms with van der Waals surface area (Å²) >= 11 is 3.54. The van der Waals surface area contributed by atoms with Crippen LogP contribution < -0.4 is 5.32 Å². The van der Waals surface area contributed by atoms with Crippen molar-refractivity contribution in [3.63, 3.8) is 0 Å². The highest BCUT2D eigenvalue weighted by atomic mass is 79.9. The van der Waals surface area contributed by atoms with Crippen LogP contribution in [-0.4, -0.2) is 30.4 Å². The van der Waals surface area contributed by atoms with Crippen LogP contribution in [-0.2, 0) is 11.3 Å². The van der Waals surface area contributed by atoms with Crippen molar-refractivity contribution in [3.05, 3.63) is 46.0 Å². The van der Waals surface area contributed by atoms with Crippen molar-refractivity contribution in [2.45, 2.75) is 51.5 Å². The average molecular weight is 405 g/mol. The molecule has 3 nitrogen and oxygen atoms in total. The second kappa shape index (κ2) is 9.54. The first-order valence-electron chi connectivity index (χ1n) is 9.63. The van der Waals surface area contributed by atoms with Gasteiger partial charge in [-0.1, -0.05) is 39.7 Å². The van der Waals surface area contributed by atoms with Gasteiger partial charge in [-0.15, -0.1) is 0 Å². The van der Waals surface area contributed by atoms with Crippen LogP contribution in [0.15, 0.2) is 40.4 Å². The summed E-state index contributed by atoms with van der Waals surface area (Å²) < 4.78 is 1.12. The minimum Gasteiger partial charge on any atom is -0.356 e. The first kappa shape index (κ1) is 18.7. The second-order valence-corrected chi connectivity index (χ2v) is 8.27. The molecule has 1 heterocycles. The van der Waals surface area contributed by atoms with Crippen LogP contribution in [0.5, 0.6) is 0 Å². The summed E-state index contributed by atoms with van der Waals surface area (Å²) in [6, 6.07) is 8.46. The lowest BCUT2D eigenvalue weighted by molar-refractivity contribution is -0.126. The predicted molar refractivity (Wildman–Crippen MR) is 106 cm³/mol. The van der Waals surface area contributed by atoms with Crippen LogP contribution in [0, 0.1) is 5.92 Å². The standard InChI is InChI=1S/C21H29BrN2O/c22-20-10-4-8-18(14-20)15-24-13-5-9-19(16-24)21(25)23-12-11-17-6-2-1-3-7-17/h4,6,8,10,14,19H,1-3,5,7,9,11-13,15-16H2,(H,23,25). The largest absolute Gasteiger partial charge is 0.356 e. The molecule has 1 N–H and O–H groups in total. The number of benzene rings is 1. The van der Waals surface area contributed by atoms with Crippen molar-refractivity contribution in [1.29, 1.82) is 0 Å². The molecule has 1 unspecified atom stereocenters. The third kappa shape index (κ3) is 5.96. The van der Waals surface area contributed by atoms with Crippen molar-refractivity contribution in [1.82, 2.24) is 10.2 Å². The fraction of sp³-hybridized carbons (Fsp3) is 0.571. The van der Waals surface area contributed by atoms with Gasteiger partial charge >= 0.3 is 0 Å². The molecule has 0 radical (unpaired) electrons. The molecule has 1 aromatic carbocycles. The number of allylic oxidation sites excluding steroid dienone is 1. The summed E-state index contributed by atoms with van der Waals surface area (Å²) in [7, 11) is 0. The summed E-state index contributed by atoms with van der Waals surface area (Å²) in [6.45, 7) is 3.69. The number of piperidine rings is 1. The number of nitrogens with one attached hydrogen (secondary N) is 1. The molecule has 136 valence electrons. The van der Waals surface area contributed by atoms with E-state index in [4.69, 9.17) is 0 Å². The molecule has 1 saturated heterocycles. The quantitative estimate of drug-likeness (QED) is 0.698. The fourth-order valence-corrected chi connectivity index (χ4v) is 4.38. The monoisotopic (exact) mass is 404 g/mol. The minimum absolute atomic E-state index is 0.140. The second-order valence-electron chi connectivity index (χ2n) is 7.35. The summed E-state index contributed by atoms with van der Waals surface area (Å²) in [5.41, 5.74) is 2.84. The Morgan fingerprint density at radius 2 is 2.20 bits per heavy atom. The molecule has 0 saturated carbocycles. The third-order valence-corrected chi connectivity index (χ3v) is 5.80. The Kier molecular flexibility index (Phi) is 7.12. The van der Waals surface area contributed by atoms with E-state index in [0.717, 1.165) is 49.9 Å². The van der Waals surface area contributed by atoms with E-state index in [-0.39, 0.29) is 11.8 Å². The van der Waals surface area contributed by atoms with E-state index in [1.165, 1.54) is 36.8 Å². The van der Waals surface area contributed by atoms with Gasteiger partial charge in [0.2, 0.25) is 5.91 Å². The predicted octanol–water partition coefficient (Wildman–Crippen LogP) is 4.67. The number of carbonyl (C=O) groups excluding carboxylic acids is 1. The summed E-state index contributed by atoms with van der Waals surface area (Å²) in [6.07, 6.45) is 10.6. The van der Waals surface area contributed by atoms with Gasteiger partial charge < -0.3 is 5.32 Å². The van der Waals surface area contributed by atoms with Gasteiger partial charge in [0, 0.05) is 24.1 Å². The third-order valence-electron chi connectivity index (χ3n) is 5.30. The van der Waals surface area contributed by atoms with E-state index in [2.05, 4.69) is 56.5 Å². The molecule has 3 rings (SSSR count). The van der Waals surface area contributed by atoms with E-state index >= 15 is 0 Å². The van der Waals surface area contributed by atoms with Crippen LogP contribution in [0.4, 0.5) is 0 Å². The Morgan fingerprint density at radius 3 is 3.00 bits per heavy atom. The summed E-state index contributed by atoms with van der Waals surface area (Å²) in [4.78, 5) is 14.9. The van der Waals surface area contributed by atoms with Crippen molar-refractivity contribution in [3.8, 4) is 0 Å². The molecule has 2 aliphatic rings. The van der Waals surface area contributed by atoms with Gasteiger partial charge in [-0.05, 0) is 69.2 Å². The lowest BCUT2D eigenvalue weighted by atomic mass is 9.95. The van der Waals surface area contributed by atoms with Crippen LogP contribution >= 0.6 is 15.9 Å². The van der Waals surface area contributed by atoms with Crippen LogP contribution in [0.2, 0.25) is 0 Å².